The first-order chi connectivity index (χ1) is 11.0. The number of primary amides is 1. The maximum atomic E-state index is 13.0. The Labute approximate surface area is 143 Å². The zero-order valence-corrected chi connectivity index (χ0v) is 15.2. The van der Waals surface area contributed by atoms with E-state index < -0.39 is 29.7 Å². The van der Waals surface area contributed by atoms with E-state index in [4.69, 9.17) is 10.5 Å². The fourth-order valence-corrected chi connectivity index (χ4v) is 3.31. The normalized spacial score (nSPS) is 27.9. The van der Waals surface area contributed by atoms with Gasteiger partial charge in [-0.1, -0.05) is 20.3 Å². The van der Waals surface area contributed by atoms with Gasteiger partial charge in [0.1, 0.15) is 17.7 Å². The van der Waals surface area contributed by atoms with E-state index in [9.17, 15) is 14.4 Å². The number of alkyl carbamates (subject to hydrolysis) is 1. The number of fused-ring (bicyclic) bond motifs is 1. The number of nitrogens with two attached hydrogens (primary N) is 1. The van der Waals surface area contributed by atoms with Crippen molar-refractivity contribution < 1.29 is 19.1 Å². The van der Waals surface area contributed by atoms with Crippen molar-refractivity contribution in [3.05, 3.63) is 0 Å². The molecule has 136 valence electrons. The lowest BCUT2D eigenvalue weighted by molar-refractivity contribution is -0.141. The van der Waals surface area contributed by atoms with Crippen LogP contribution >= 0.6 is 0 Å². The summed E-state index contributed by atoms with van der Waals surface area (Å²) in [4.78, 5) is 38.4. The number of hydrogen-bond donors (Lipinski definition) is 2. The molecule has 7 heteroatoms. The highest BCUT2D eigenvalue weighted by Gasteiger charge is 2.56. The van der Waals surface area contributed by atoms with Crippen LogP contribution in [0.5, 0.6) is 0 Å². The van der Waals surface area contributed by atoms with Gasteiger partial charge in [0.25, 0.3) is 0 Å². The molecule has 2 aliphatic rings. The molecule has 2 fully saturated rings. The van der Waals surface area contributed by atoms with Crippen molar-refractivity contribution in [1.82, 2.24) is 10.2 Å². The van der Waals surface area contributed by atoms with Crippen LogP contribution in [0.1, 0.15) is 53.9 Å². The van der Waals surface area contributed by atoms with E-state index in [-0.39, 0.29) is 17.9 Å². The molecule has 1 saturated carbocycles. The van der Waals surface area contributed by atoms with Gasteiger partial charge in [-0.2, -0.15) is 0 Å². The number of rotatable bonds is 5. The summed E-state index contributed by atoms with van der Waals surface area (Å²) < 4.78 is 5.27. The lowest BCUT2D eigenvalue weighted by atomic mass is 9.97. The van der Waals surface area contributed by atoms with E-state index in [2.05, 4.69) is 5.32 Å². The minimum atomic E-state index is -0.717. The number of piperidine rings is 1. The molecule has 0 aromatic carbocycles. The topological polar surface area (TPSA) is 102 Å². The molecule has 5 unspecified atom stereocenters. The van der Waals surface area contributed by atoms with Gasteiger partial charge in [0.15, 0.2) is 0 Å². The molecule has 1 saturated heterocycles. The standard InChI is InChI=1S/C17H29N3O4/c1-6-9(2)13(19-16(23)24-17(3,4)5)15(22)20-11-7-10(11)8-12(20)14(18)21/h9-13H,6-8H2,1-5H3,(H2,18,21)(H,19,23). The predicted molar refractivity (Wildman–Crippen MR) is 89.0 cm³/mol. The molecule has 5 atom stereocenters. The Balaban J connectivity index is 2.13. The third-order valence-electron chi connectivity index (χ3n) is 4.84. The summed E-state index contributed by atoms with van der Waals surface area (Å²) >= 11 is 0. The Hall–Kier alpha value is -1.79. The summed E-state index contributed by atoms with van der Waals surface area (Å²) in [6.07, 6.45) is 1.64. The average Bonchev–Trinajstić information content (AvgIpc) is 3.11. The molecule has 0 bridgehead atoms. The van der Waals surface area contributed by atoms with Crippen molar-refractivity contribution >= 4 is 17.9 Å². The Morgan fingerprint density at radius 1 is 1.29 bits per heavy atom. The quantitative estimate of drug-likeness (QED) is 0.790. The van der Waals surface area contributed by atoms with E-state index in [1.54, 1.807) is 25.7 Å². The molecule has 24 heavy (non-hydrogen) atoms. The molecule has 1 aliphatic heterocycles. The van der Waals surface area contributed by atoms with Gasteiger partial charge in [-0.05, 0) is 45.4 Å². The number of nitrogens with one attached hydrogen (secondary N) is 1. The van der Waals surface area contributed by atoms with Crippen LogP contribution in [0.25, 0.3) is 0 Å². The van der Waals surface area contributed by atoms with Crippen molar-refractivity contribution in [2.75, 3.05) is 0 Å². The van der Waals surface area contributed by atoms with Crippen LogP contribution in [0.2, 0.25) is 0 Å². The van der Waals surface area contributed by atoms with Gasteiger partial charge in [-0.3, -0.25) is 9.59 Å². The van der Waals surface area contributed by atoms with Gasteiger partial charge in [-0.25, -0.2) is 4.79 Å². The van der Waals surface area contributed by atoms with Crippen molar-refractivity contribution in [3.63, 3.8) is 0 Å². The highest BCUT2D eigenvalue weighted by atomic mass is 16.6. The molecule has 0 spiro atoms. The number of ether oxygens (including phenoxy) is 1. The van der Waals surface area contributed by atoms with Crippen LogP contribution in [-0.2, 0) is 14.3 Å². The molecule has 0 aromatic rings. The van der Waals surface area contributed by atoms with Crippen molar-refractivity contribution in [3.8, 4) is 0 Å². The Bertz CT molecular complexity index is 528. The average molecular weight is 339 g/mol. The Morgan fingerprint density at radius 3 is 2.42 bits per heavy atom. The maximum absolute atomic E-state index is 13.0. The van der Waals surface area contributed by atoms with Crippen LogP contribution in [0.3, 0.4) is 0 Å². The maximum Gasteiger partial charge on any atom is 0.408 e. The van der Waals surface area contributed by atoms with Crippen LogP contribution in [0.15, 0.2) is 0 Å². The summed E-state index contributed by atoms with van der Waals surface area (Å²) in [7, 11) is 0. The van der Waals surface area contributed by atoms with E-state index in [1.165, 1.54) is 0 Å². The second-order valence-corrected chi connectivity index (χ2v) is 7.97. The lowest BCUT2D eigenvalue weighted by Gasteiger charge is -2.32. The number of carbonyl (C=O) groups excluding carboxylic acids is 3. The van der Waals surface area contributed by atoms with Gasteiger partial charge in [-0.15, -0.1) is 0 Å². The predicted octanol–water partition coefficient (Wildman–Crippen LogP) is 1.40. The lowest BCUT2D eigenvalue weighted by Crippen LogP contribution is -2.56. The van der Waals surface area contributed by atoms with Crippen LogP contribution < -0.4 is 11.1 Å². The Kier molecular flexibility index (Phi) is 5.11. The highest BCUT2D eigenvalue weighted by Crippen LogP contribution is 2.48. The minimum Gasteiger partial charge on any atom is -0.444 e. The van der Waals surface area contributed by atoms with E-state index >= 15 is 0 Å². The fraction of sp³-hybridized carbons (Fsp3) is 0.824. The molecule has 3 amide bonds. The first-order valence-electron chi connectivity index (χ1n) is 8.66. The zero-order chi connectivity index (χ0) is 18.2. The molecule has 0 radical (unpaired) electrons. The van der Waals surface area contributed by atoms with E-state index in [1.807, 2.05) is 13.8 Å². The van der Waals surface area contributed by atoms with Crippen molar-refractivity contribution in [2.24, 2.45) is 17.6 Å². The SMILES string of the molecule is CCC(C)C(NC(=O)OC(C)(C)C)C(=O)N1C(C(N)=O)CC2CC21. The van der Waals surface area contributed by atoms with Crippen molar-refractivity contribution in [2.45, 2.75) is 77.6 Å². The molecule has 3 N–H and O–H groups in total. The number of amides is 3. The first kappa shape index (κ1) is 18.5. The fourth-order valence-electron chi connectivity index (χ4n) is 3.31. The third-order valence-corrected chi connectivity index (χ3v) is 4.84. The molecular formula is C17H29N3O4. The second-order valence-electron chi connectivity index (χ2n) is 7.97. The van der Waals surface area contributed by atoms with Gasteiger partial charge >= 0.3 is 6.09 Å². The zero-order valence-electron chi connectivity index (χ0n) is 15.2. The third kappa shape index (κ3) is 3.99. The van der Waals surface area contributed by atoms with Gasteiger partial charge in [0, 0.05) is 6.04 Å². The van der Waals surface area contributed by atoms with Crippen LogP contribution in [0.4, 0.5) is 4.79 Å². The first-order valence-corrected chi connectivity index (χ1v) is 8.66. The number of nitrogens with zero attached hydrogens (tertiary/aromatic N) is 1. The number of likely N-dealkylation sites (tertiary alicyclic amines) is 1. The van der Waals surface area contributed by atoms with Gasteiger partial charge < -0.3 is 20.7 Å². The summed E-state index contributed by atoms with van der Waals surface area (Å²) in [5, 5.41) is 2.69. The molecule has 1 aliphatic carbocycles. The second kappa shape index (κ2) is 6.61. The van der Waals surface area contributed by atoms with Crippen LogP contribution in [-0.4, -0.2) is 46.5 Å². The highest BCUT2D eigenvalue weighted by molar-refractivity contribution is 5.92. The summed E-state index contributed by atoms with van der Waals surface area (Å²) in [5.41, 5.74) is 4.82. The molecular weight excluding hydrogens is 310 g/mol. The minimum absolute atomic E-state index is 0.0728. The van der Waals surface area contributed by atoms with Gasteiger partial charge in [0.2, 0.25) is 11.8 Å². The molecule has 2 rings (SSSR count). The molecule has 7 nitrogen and oxygen atoms in total. The smallest absolute Gasteiger partial charge is 0.408 e. The molecule has 0 aromatic heterocycles. The van der Waals surface area contributed by atoms with Crippen molar-refractivity contribution in [1.29, 1.82) is 0 Å². The number of carbonyl (C=O) groups is 3. The largest absolute Gasteiger partial charge is 0.444 e. The number of hydrogen-bond acceptors (Lipinski definition) is 4. The van der Waals surface area contributed by atoms with Crippen LogP contribution in [0, 0.1) is 11.8 Å². The Morgan fingerprint density at radius 2 is 1.92 bits per heavy atom. The monoisotopic (exact) mass is 339 g/mol. The van der Waals surface area contributed by atoms with E-state index in [0.717, 1.165) is 12.8 Å². The molecule has 1 heterocycles. The summed E-state index contributed by atoms with van der Waals surface area (Å²) in [5.74, 6) is -0.415. The summed E-state index contributed by atoms with van der Waals surface area (Å²) in [6, 6.07) is -1.19. The summed E-state index contributed by atoms with van der Waals surface area (Å²) in [6.45, 7) is 9.16. The van der Waals surface area contributed by atoms with Gasteiger partial charge in [0.05, 0.1) is 0 Å². The van der Waals surface area contributed by atoms with E-state index in [0.29, 0.717) is 12.3 Å².